The number of hydrogen-bond donors (Lipinski definition) is 0. The Labute approximate surface area is 150 Å². The second-order valence-corrected chi connectivity index (χ2v) is 5.25. The van der Waals surface area contributed by atoms with Crippen molar-refractivity contribution in [3.8, 4) is 11.5 Å². The van der Waals surface area contributed by atoms with Gasteiger partial charge in [0.1, 0.15) is 22.0 Å². The van der Waals surface area contributed by atoms with Crippen molar-refractivity contribution in [2.24, 2.45) is 0 Å². The van der Waals surface area contributed by atoms with E-state index in [1.807, 2.05) is 30.3 Å². The van der Waals surface area contributed by atoms with Gasteiger partial charge in [-0.25, -0.2) is 0 Å². The summed E-state index contributed by atoms with van der Waals surface area (Å²) in [7, 11) is 0. The molecule has 8 heteroatoms. The van der Waals surface area contributed by atoms with Crippen LogP contribution in [0.1, 0.15) is 29.8 Å². The van der Waals surface area contributed by atoms with Gasteiger partial charge < -0.3 is 9.47 Å². The van der Waals surface area contributed by atoms with E-state index in [2.05, 4.69) is 6.58 Å². The Kier molecular flexibility index (Phi) is 6.26. The van der Waals surface area contributed by atoms with E-state index in [-0.39, 0.29) is 23.5 Å². The van der Waals surface area contributed by atoms with Crippen LogP contribution in [0.5, 0.6) is 11.5 Å². The highest BCUT2D eigenvalue weighted by atomic mass is 16.7. The topological polar surface area (TPSA) is 105 Å². The fraction of sp³-hybridized carbons (Fsp3) is 0.222. The van der Waals surface area contributed by atoms with Crippen molar-refractivity contribution in [1.82, 2.24) is 0 Å². The predicted octanol–water partition coefficient (Wildman–Crippen LogP) is 3.86. The smallest absolute Gasteiger partial charge is 0.477 e. The van der Waals surface area contributed by atoms with Crippen molar-refractivity contribution in [1.29, 1.82) is 0 Å². The summed E-state index contributed by atoms with van der Waals surface area (Å²) < 4.78 is 11.3. The molecule has 136 valence electrons. The number of rotatable bonds is 9. The third kappa shape index (κ3) is 4.15. The number of ether oxygens (including phenoxy) is 2. The summed E-state index contributed by atoms with van der Waals surface area (Å²) in [6.07, 6.45) is -0.809. The maximum absolute atomic E-state index is 11.2. The summed E-state index contributed by atoms with van der Waals surface area (Å²) in [5.41, 5.74) is 0.933. The average molecular weight is 358 g/mol. The Morgan fingerprint density at radius 3 is 2.27 bits per heavy atom. The van der Waals surface area contributed by atoms with E-state index >= 15 is 0 Å². The van der Waals surface area contributed by atoms with Gasteiger partial charge in [0.15, 0.2) is 11.5 Å². The van der Waals surface area contributed by atoms with E-state index in [1.54, 1.807) is 6.92 Å². The third-order valence-corrected chi connectivity index (χ3v) is 3.60. The molecule has 0 spiro atoms. The summed E-state index contributed by atoms with van der Waals surface area (Å²) in [6.45, 7) is 5.92. The van der Waals surface area contributed by atoms with E-state index in [0.29, 0.717) is 12.4 Å². The Hall–Kier alpha value is -3.42. The van der Waals surface area contributed by atoms with Crippen LogP contribution in [0.25, 0.3) is 6.08 Å². The minimum atomic E-state index is -2.11. The lowest BCUT2D eigenvalue weighted by Crippen LogP contribution is -2.21. The molecule has 0 saturated carbocycles. The van der Waals surface area contributed by atoms with Crippen LogP contribution in [0, 0.1) is 20.2 Å². The Morgan fingerprint density at radius 2 is 1.73 bits per heavy atom. The highest BCUT2D eigenvalue weighted by Crippen LogP contribution is 2.38. The van der Waals surface area contributed by atoms with Crippen LogP contribution in [0.15, 0.2) is 49.0 Å². The van der Waals surface area contributed by atoms with Crippen LogP contribution in [0.2, 0.25) is 0 Å². The molecule has 0 amide bonds. The van der Waals surface area contributed by atoms with Crippen LogP contribution < -0.4 is 9.47 Å². The molecule has 26 heavy (non-hydrogen) atoms. The molecule has 0 atom stereocenters. The quantitative estimate of drug-likeness (QED) is 0.383. The largest absolute Gasteiger partial charge is 0.490 e. The molecule has 0 aromatic heterocycles. The van der Waals surface area contributed by atoms with Gasteiger partial charge in [-0.1, -0.05) is 43.0 Å². The number of nitrogens with zero attached hydrogens (tertiary/aromatic N) is 2. The minimum absolute atomic E-state index is 0.110. The molecule has 2 aromatic carbocycles. The van der Waals surface area contributed by atoms with Crippen LogP contribution in [0.3, 0.4) is 0 Å². The fourth-order valence-corrected chi connectivity index (χ4v) is 2.48. The molecule has 0 aliphatic rings. The molecule has 2 rings (SSSR count). The molecule has 0 radical (unpaired) electrons. The van der Waals surface area contributed by atoms with Crippen LogP contribution in [-0.4, -0.2) is 16.5 Å². The summed E-state index contributed by atoms with van der Waals surface area (Å²) >= 11 is 0. The maximum atomic E-state index is 11.2. The molecule has 0 aliphatic carbocycles. The average Bonchev–Trinajstić information content (AvgIpc) is 2.61. The van der Waals surface area contributed by atoms with E-state index in [1.165, 1.54) is 18.2 Å². The second-order valence-electron chi connectivity index (χ2n) is 5.25. The molecule has 8 nitrogen and oxygen atoms in total. The monoisotopic (exact) mass is 358 g/mol. The zero-order valence-corrected chi connectivity index (χ0v) is 14.2. The molecule has 0 saturated heterocycles. The van der Waals surface area contributed by atoms with Gasteiger partial charge in [-0.2, -0.15) is 0 Å². The van der Waals surface area contributed by atoms with Crippen molar-refractivity contribution in [2.75, 3.05) is 6.61 Å². The molecule has 0 aliphatic heterocycles. The Balaban J connectivity index is 2.51. The van der Waals surface area contributed by atoms with Gasteiger partial charge in [-0.05, 0) is 24.6 Å². The van der Waals surface area contributed by atoms with Crippen LogP contribution >= 0.6 is 0 Å². The SMILES string of the molecule is C=Cc1c(C([N+](=O)[O-])[N+](=O)[O-])ccc(OCC)c1OCc1ccccc1. The molecule has 0 fully saturated rings. The first kappa shape index (κ1) is 18.9. The van der Waals surface area contributed by atoms with Crippen molar-refractivity contribution < 1.29 is 19.3 Å². The molecule has 0 N–H and O–H groups in total. The van der Waals surface area contributed by atoms with Crippen molar-refractivity contribution >= 4 is 6.08 Å². The van der Waals surface area contributed by atoms with Gasteiger partial charge >= 0.3 is 6.17 Å². The van der Waals surface area contributed by atoms with Gasteiger partial charge in [-0.15, -0.1) is 0 Å². The molecule has 0 heterocycles. The first-order chi connectivity index (χ1) is 12.5. The summed E-state index contributed by atoms with van der Waals surface area (Å²) in [5, 5.41) is 22.3. The number of hydrogen-bond acceptors (Lipinski definition) is 6. The lowest BCUT2D eigenvalue weighted by molar-refractivity contribution is -0.752. The predicted molar refractivity (Wildman–Crippen MR) is 95.2 cm³/mol. The first-order valence-electron chi connectivity index (χ1n) is 7.85. The van der Waals surface area contributed by atoms with E-state index in [4.69, 9.17) is 9.47 Å². The highest BCUT2D eigenvalue weighted by Gasteiger charge is 2.38. The molecule has 0 bridgehead atoms. The lowest BCUT2D eigenvalue weighted by atomic mass is 10.0. The van der Waals surface area contributed by atoms with E-state index < -0.39 is 16.0 Å². The minimum Gasteiger partial charge on any atom is -0.490 e. The maximum Gasteiger partial charge on any atom is 0.477 e. The summed E-state index contributed by atoms with van der Waals surface area (Å²) in [6, 6.07) is 12.0. The number of nitro groups is 2. The highest BCUT2D eigenvalue weighted by molar-refractivity contribution is 5.65. The molecule has 0 unspecified atom stereocenters. The van der Waals surface area contributed by atoms with Gasteiger partial charge in [0.05, 0.1) is 6.61 Å². The Morgan fingerprint density at radius 1 is 1.08 bits per heavy atom. The zero-order valence-electron chi connectivity index (χ0n) is 14.2. The van der Waals surface area contributed by atoms with E-state index in [9.17, 15) is 20.2 Å². The van der Waals surface area contributed by atoms with Gasteiger partial charge in [0.25, 0.3) is 0 Å². The second kappa shape index (κ2) is 8.61. The van der Waals surface area contributed by atoms with Crippen molar-refractivity contribution in [3.05, 3.63) is 86.0 Å². The van der Waals surface area contributed by atoms with Gasteiger partial charge in [0, 0.05) is 5.56 Å². The van der Waals surface area contributed by atoms with Crippen molar-refractivity contribution in [2.45, 2.75) is 19.7 Å². The zero-order chi connectivity index (χ0) is 19.1. The van der Waals surface area contributed by atoms with Crippen molar-refractivity contribution in [3.63, 3.8) is 0 Å². The van der Waals surface area contributed by atoms with E-state index in [0.717, 1.165) is 5.56 Å². The van der Waals surface area contributed by atoms with Gasteiger partial charge in [0.2, 0.25) is 0 Å². The molecular formula is C18H18N2O6. The van der Waals surface area contributed by atoms with Crippen LogP contribution in [0.4, 0.5) is 0 Å². The lowest BCUT2D eigenvalue weighted by Gasteiger charge is -2.17. The summed E-state index contributed by atoms with van der Waals surface area (Å²) in [5.74, 6) is 0.532. The summed E-state index contributed by atoms with van der Waals surface area (Å²) in [4.78, 5) is 20.4. The first-order valence-corrected chi connectivity index (χ1v) is 7.85. The molecular weight excluding hydrogens is 340 g/mol. The normalized spacial score (nSPS) is 10.4. The third-order valence-electron chi connectivity index (χ3n) is 3.60. The van der Waals surface area contributed by atoms with Gasteiger partial charge in [-0.3, -0.25) is 20.2 Å². The van der Waals surface area contributed by atoms with Crippen LogP contribution in [-0.2, 0) is 6.61 Å². The number of benzene rings is 2. The molecule has 2 aromatic rings. The Bertz CT molecular complexity index is 793. The fourth-order valence-electron chi connectivity index (χ4n) is 2.48. The standard InChI is InChI=1S/C18H18N2O6/c1-3-14-15(18(19(21)22)20(23)24)10-11-16(25-4-2)17(14)26-12-13-8-6-5-7-9-13/h3,5-11,18H,1,4,12H2,2H3.